The fourth-order valence-electron chi connectivity index (χ4n) is 16.9. The lowest BCUT2D eigenvalue weighted by Gasteiger charge is -2.12. The van der Waals surface area contributed by atoms with Crippen LogP contribution in [-0.4, -0.2) is 0 Å². The average molecular weight is 1520 g/mol. The van der Waals surface area contributed by atoms with Crippen molar-refractivity contribution >= 4 is 111 Å². The van der Waals surface area contributed by atoms with E-state index in [4.69, 9.17) is 44.0 Å². The van der Waals surface area contributed by atoms with Crippen LogP contribution in [0.1, 0.15) is 83.3 Å². The zero-order valence-corrected chi connectivity index (χ0v) is 68.7. The van der Waals surface area contributed by atoms with Crippen molar-refractivity contribution in [3.05, 3.63) is 332 Å². The minimum atomic E-state index is 0.506. The van der Waals surface area contributed by atoms with Gasteiger partial charge in [0.2, 0.25) is 28.5 Å². The van der Waals surface area contributed by atoms with Crippen molar-refractivity contribution in [1.82, 2.24) is 0 Å². The molecule has 0 spiro atoms. The molecular weight excluding hydrogens is 1430 g/mol. The average Bonchev–Trinajstić information content (AvgIpc) is 1.55. The van der Waals surface area contributed by atoms with E-state index in [1.165, 1.54) is 27.6 Å². The third-order valence-corrected chi connectivity index (χ3v) is 22.7. The van der Waals surface area contributed by atoms with E-state index >= 15 is 0 Å². The van der Waals surface area contributed by atoms with Crippen LogP contribution in [-0.2, 0) is 41.0 Å². The Morgan fingerprint density at radius 2 is 0.647 bits per heavy atom. The molecule has 0 saturated heterocycles. The number of pyridine rings is 4. The number of furan rings is 4. The Morgan fingerprint density at radius 1 is 0.293 bits per heavy atom. The molecule has 0 aliphatic heterocycles. The van der Waals surface area contributed by atoms with Crippen molar-refractivity contribution in [3.8, 4) is 67.3 Å². The summed E-state index contributed by atoms with van der Waals surface area (Å²) in [5, 5.41) is 8.86. The van der Waals surface area contributed by atoms with Gasteiger partial charge in [-0.25, -0.2) is 37.6 Å². The van der Waals surface area contributed by atoms with Crippen molar-refractivity contribution in [2.75, 3.05) is 0 Å². The lowest BCUT2D eigenvalue weighted by Crippen LogP contribution is -2.30. The second kappa shape index (κ2) is 31.9. The number of hydrogen-bond donors (Lipinski definition) is 0. The Balaban J connectivity index is 0.000000121. The fraction of sp³-hybridized carbons (Fsp3) is 0.192. The second-order valence-corrected chi connectivity index (χ2v) is 31.4. The van der Waals surface area contributed by atoms with E-state index in [1.807, 2.05) is 139 Å². The quantitative estimate of drug-likeness (QED) is 0.101. The molecule has 568 valence electrons. The zero-order valence-electron chi connectivity index (χ0n) is 68.7. The lowest BCUT2D eigenvalue weighted by molar-refractivity contribution is -0.660. The van der Waals surface area contributed by atoms with Gasteiger partial charge in [0, 0.05) is 91.6 Å². The minimum Gasteiger partial charge on any atom is -0.456 e. The molecule has 0 amide bonds. The first-order chi connectivity index (χ1) is 56.0. The first kappa shape index (κ1) is 77.3. The highest BCUT2D eigenvalue weighted by Crippen LogP contribution is 2.49. The van der Waals surface area contributed by atoms with Gasteiger partial charge in [-0.3, -0.25) is 0 Å². The maximum atomic E-state index is 7.80. The first-order valence-electron chi connectivity index (χ1n) is 39.4. The van der Waals surface area contributed by atoms with E-state index in [0.29, 0.717) is 34.6 Å². The third-order valence-electron chi connectivity index (χ3n) is 22.7. The highest BCUT2D eigenvalue weighted by atomic mass is 16.3. The predicted octanol–water partition coefficient (Wildman–Crippen LogP) is 26.7. The minimum absolute atomic E-state index is 0.506. The maximum absolute atomic E-state index is 7.80. The molecule has 0 aliphatic carbocycles. The number of aryl methyl sites for hydroxylation is 12. The molecule has 0 saturated carbocycles. The second-order valence-electron chi connectivity index (χ2n) is 31.4. The monoisotopic (exact) mass is 1520 g/mol. The summed E-state index contributed by atoms with van der Waals surface area (Å²) in [6.07, 6.45) is 10.1. The maximum Gasteiger partial charge on any atom is 0.216 e. The van der Waals surface area contributed by atoms with Crippen molar-refractivity contribution in [1.29, 1.82) is 0 Å². The first-order valence-corrected chi connectivity index (χ1v) is 39.4. The molecule has 116 heavy (non-hydrogen) atoms. The molecule has 10 aromatic carbocycles. The smallest absolute Gasteiger partial charge is 0.216 e. The molecule has 0 fully saturated rings. The molecule has 0 atom stereocenters. The Morgan fingerprint density at radius 3 is 1.10 bits per heavy atom. The van der Waals surface area contributed by atoms with Crippen LogP contribution in [0.15, 0.2) is 249 Å². The van der Waals surface area contributed by atoms with E-state index in [9.17, 15) is 0 Å². The largest absolute Gasteiger partial charge is 0.456 e. The molecule has 8 heterocycles. The number of hydrogen-bond acceptors (Lipinski definition) is 4. The van der Waals surface area contributed by atoms with E-state index in [2.05, 4.69) is 241 Å². The highest BCUT2D eigenvalue weighted by Gasteiger charge is 2.30. The van der Waals surface area contributed by atoms with Crippen molar-refractivity contribution in [3.63, 3.8) is 0 Å². The van der Waals surface area contributed by atoms with E-state index in [0.717, 1.165) is 196 Å². The molecule has 0 radical (unpaired) electrons. The number of rotatable bonds is 10. The Kier molecular flexibility index (Phi) is 21.2. The SMILES string of the molecule is [C-]#[N+]c1c(-c2ccccc2)cc2c(oc3c(-c4cccc[n+]4C)c(C)ccc32)c1C.[C-]#[N+]c1cc(-c2ccccc2)c2c(oc3c(-c4cccc[n+]4C)c(C)ccc32)c1C.[C-]#[N+]c1cc(CC(C)C)c2c(oc3c(-c4cccc[n+]4C)c(C)ccc32)c1C.[C-]#[N+]c1ccc2c(oc3c(-c4cccc[n+]4C)c(C)cc(CC(C)C)c32)c1C. The van der Waals surface area contributed by atoms with E-state index in [1.54, 1.807) is 0 Å². The van der Waals surface area contributed by atoms with Crippen LogP contribution in [0.3, 0.4) is 0 Å². The van der Waals surface area contributed by atoms with Crippen LogP contribution < -0.4 is 18.3 Å². The summed E-state index contributed by atoms with van der Waals surface area (Å²) >= 11 is 0. The van der Waals surface area contributed by atoms with Gasteiger partial charge in [-0.15, -0.1) is 0 Å². The molecule has 18 aromatic rings. The van der Waals surface area contributed by atoms with Gasteiger partial charge in [-0.1, -0.05) is 155 Å². The zero-order chi connectivity index (χ0) is 81.7. The molecular formula is C104H92N8O4+4. The van der Waals surface area contributed by atoms with Gasteiger partial charge in [0.15, 0.2) is 41.8 Å². The standard InChI is InChI=1S/2C27H21N2O.2C25H25N2O/c1-17-13-14-20-22-16-21(19-10-6-5-7-11-19)25(28-3)18(2)26(22)30-27(20)24(17)23-12-8-9-15-29(23)4;1-17-13-14-20-25-21(19-10-6-5-7-11-19)16-22(28-3)18(2)26(25)30-27(20)24(17)23-12-8-9-15-29(23)4;1-15(2)13-18-14-16(3)22(21-9-7-8-12-27(21)6)25-23(18)19-10-11-20(26-5)17(4)24(19)28-25;1-15(2)13-18-14-20(26-5)17(4)24-23(18)19-11-10-16(3)22(25(19)28-24)21-9-7-8-12-27(21)6/h2*5-16H,1-2,4H3;2*7-12,14-15H,13H2,1-4,6H3/q4*+1. The van der Waals surface area contributed by atoms with Crippen LogP contribution in [0, 0.1) is 93.5 Å². The van der Waals surface area contributed by atoms with Gasteiger partial charge in [0.25, 0.3) is 0 Å². The van der Waals surface area contributed by atoms with Crippen LogP contribution in [0.25, 0.3) is 174 Å². The Labute approximate surface area is 677 Å². The van der Waals surface area contributed by atoms with Gasteiger partial charge >= 0.3 is 0 Å². The molecule has 0 unspecified atom stereocenters. The lowest BCUT2D eigenvalue weighted by atomic mass is 9.91. The summed E-state index contributed by atoms with van der Waals surface area (Å²) in [6.45, 7) is 55.9. The Hall–Kier alpha value is -14.0. The van der Waals surface area contributed by atoms with E-state index in [-0.39, 0.29) is 0 Å². The van der Waals surface area contributed by atoms with Crippen LogP contribution in [0.5, 0.6) is 0 Å². The van der Waals surface area contributed by atoms with Crippen molar-refractivity contribution in [2.45, 2.75) is 95.9 Å². The normalized spacial score (nSPS) is 11.3. The van der Waals surface area contributed by atoms with Crippen LogP contribution in [0.2, 0.25) is 0 Å². The number of nitrogens with zero attached hydrogens (tertiary/aromatic N) is 8. The van der Waals surface area contributed by atoms with Gasteiger partial charge in [-0.2, -0.15) is 0 Å². The number of benzene rings is 10. The molecule has 8 aromatic heterocycles. The highest BCUT2D eigenvalue weighted by molar-refractivity contribution is 6.19. The van der Waals surface area contributed by atoms with Gasteiger partial charge in [0.1, 0.15) is 72.9 Å². The topological polar surface area (TPSA) is 85.5 Å². The molecule has 0 aliphatic rings. The number of aromatic nitrogens is 4. The van der Waals surface area contributed by atoms with Crippen molar-refractivity contribution in [2.24, 2.45) is 40.0 Å². The summed E-state index contributed by atoms with van der Waals surface area (Å²) in [7, 11) is 8.22. The third kappa shape index (κ3) is 13.8. The molecule has 18 rings (SSSR count). The molecule has 0 bridgehead atoms. The van der Waals surface area contributed by atoms with Gasteiger partial charge < -0.3 is 17.7 Å². The number of fused-ring (bicyclic) bond motifs is 12. The molecule has 12 heteroatoms. The Bertz CT molecular complexity index is 7160. The summed E-state index contributed by atoms with van der Waals surface area (Å²) in [6, 6.07) is 70.6. The van der Waals surface area contributed by atoms with Crippen molar-refractivity contribution < 1.29 is 35.9 Å². The van der Waals surface area contributed by atoms with Gasteiger partial charge in [-0.05, 0) is 188 Å². The molecule has 12 nitrogen and oxygen atoms in total. The van der Waals surface area contributed by atoms with Crippen LogP contribution in [0.4, 0.5) is 22.7 Å². The van der Waals surface area contributed by atoms with E-state index < -0.39 is 0 Å². The van der Waals surface area contributed by atoms with Gasteiger partial charge in [0.05, 0.1) is 48.5 Å². The summed E-state index contributed by atoms with van der Waals surface area (Å²) in [4.78, 5) is 15.1. The fourth-order valence-corrected chi connectivity index (χ4v) is 16.9. The van der Waals surface area contributed by atoms with Crippen LogP contribution >= 0.6 is 0 Å². The summed E-state index contributed by atoms with van der Waals surface area (Å²) < 4.78 is 34.5. The summed E-state index contributed by atoms with van der Waals surface area (Å²) in [5.74, 6) is 1.06. The summed E-state index contributed by atoms with van der Waals surface area (Å²) in [5.41, 5.74) is 33.3. The predicted molar refractivity (Wildman–Crippen MR) is 472 cm³/mol. The molecule has 0 N–H and O–H groups in total.